The van der Waals surface area contributed by atoms with Crippen molar-refractivity contribution in [3.63, 3.8) is 0 Å². The number of nitrogens with zero attached hydrogens (tertiary/aromatic N) is 6. The molecular weight excluding hydrogens is 404 g/mol. The van der Waals surface area contributed by atoms with Crippen molar-refractivity contribution in [1.29, 1.82) is 0 Å². The van der Waals surface area contributed by atoms with Gasteiger partial charge in [0.15, 0.2) is 5.82 Å². The van der Waals surface area contributed by atoms with Crippen LogP contribution in [0.5, 0.6) is 5.75 Å². The smallest absolute Gasteiger partial charge is 0.228 e. The molecule has 0 saturated carbocycles. The summed E-state index contributed by atoms with van der Waals surface area (Å²) in [6, 6.07) is 6.68. The van der Waals surface area contributed by atoms with E-state index >= 15 is 0 Å². The Bertz CT molecular complexity index is 1000. The summed E-state index contributed by atoms with van der Waals surface area (Å²) < 4.78 is 5.75. The molecule has 8 nitrogen and oxygen atoms in total. The van der Waals surface area contributed by atoms with Crippen molar-refractivity contribution in [3.05, 3.63) is 35.8 Å². The second kappa shape index (κ2) is 8.58. The van der Waals surface area contributed by atoms with Crippen LogP contribution in [0.25, 0.3) is 0 Å². The van der Waals surface area contributed by atoms with E-state index in [-0.39, 0.29) is 11.9 Å². The number of hydrogen-bond donors (Lipinski definition) is 0. The summed E-state index contributed by atoms with van der Waals surface area (Å²) in [5.41, 5.74) is 3.07. The third-order valence-corrected chi connectivity index (χ3v) is 7.08. The second-order valence-electron chi connectivity index (χ2n) is 9.10. The summed E-state index contributed by atoms with van der Waals surface area (Å²) in [6.07, 6.45) is 5.09. The van der Waals surface area contributed by atoms with Gasteiger partial charge in [0, 0.05) is 76.0 Å². The molecule has 0 spiro atoms. The average Bonchev–Trinajstić information content (AvgIpc) is 3.24. The fourth-order valence-corrected chi connectivity index (χ4v) is 5.05. The number of likely N-dealkylation sites (N-methyl/N-ethyl adjacent to an activating group) is 1. The molecule has 0 N–H and O–H groups in total. The minimum absolute atomic E-state index is 0.137. The van der Waals surface area contributed by atoms with Gasteiger partial charge < -0.3 is 24.3 Å². The maximum absolute atomic E-state index is 12.6. The quantitative estimate of drug-likeness (QED) is 0.728. The van der Waals surface area contributed by atoms with Crippen molar-refractivity contribution in [1.82, 2.24) is 14.9 Å². The Morgan fingerprint density at radius 3 is 2.72 bits per heavy atom. The van der Waals surface area contributed by atoms with Crippen LogP contribution >= 0.6 is 0 Å². The molecule has 0 unspecified atom stereocenters. The van der Waals surface area contributed by atoms with Crippen LogP contribution in [-0.2, 0) is 11.2 Å². The Hall–Kier alpha value is -2.87. The molecular formula is C24H32N6O2. The predicted molar refractivity (Wildman–Crippen MR) is 126 cm³/mol. The molecule has 32 heavy (non-hydrogen) atoms. The van der Waals surface area contributed by atoms with Crippen molar-refractivity contribution in [2.45, 2.75) is 31.7 Å². The number of amides is 1. The van der Waals surface area contributed by atoms with Gasteiger partial charge in [-0.3, -0.25) is 4.79 Å². The number of rotatable bonds is 4. The highest BCUT2D eigenvalue weighted by Gasteiger charge is 2.35. The maximum Gasteiger partial charge on any atom is 0.228 e. The highest BCUT2D eigenvalue weighted by Crippen LogP contribution is 2.37. The molecule has 2 fully saturated rings. The second-order valence-corrected chi connectivity index (χ2v) is 9.10. The van der Waals surface area contributed by atoms with E-state index in [0.29, 0.717) is 12.8 Å². The molecule has 0 aliphatic carbocycles. The lowest BCUT2D eigenvalue weighted by Crippen LogP contribution is -2.44. The number of piperazine rings is 1. The van der Waals surface area contributed by atoms with E-state index in [0.717, 1.165) is 74.2 Å². The van der Waals surface area contributed by atoms with Gasteiger partial charge in [-0.05, 0) is 26.0 Å². The predicted octanol–water partition coefficient (Wildman–Crippen LogP) is 2.16. The number of ether oxygens (including phenoxy) is 1. The first-order valence-corrected chi connectivity index (χ1v) is 11.5. The van der Waals surface area contributed by atoms with Gasteiger partial charge in [-0.2, -0.15) is 0 Å². The molecule has 0 radical (unpaired) electrons. The molecule has 5 rings (SSSR count). The lowest BCUT2D eigenvalue weighted by molar-refractivity contribution is -0.118. The molecule has 3 aliphatic rings. The van der Waals surface area contributed by atoms with Gasteiger partial charge in [-0.25, -0.2) is 9.97 Å². The number of aromatic nitrogens is 2. The maximum atomic E-state index is 12.6. The molecule has 3 aliphatic heterocycles. The summed E-state index contributed by atoms with van der Waals surface area (Å²) in [4.78, 5) is 30.9. The van der Waals surface area contributed by atoms with Crippen molar-refractivity contribution >= 4 is 23.1 Å². The van der Waals surface area contributed by atoms with Gasteiger partial charge in [0.1, 0.15) is 17.3 Å². The van der Waals surface area contributed by atoms with Crippen LogP contribution < -0.4 is 19.4 Å². The Labute approximate surface area is 189 Å². The van der Waals surface area contributed by atoms with Crippen molar-refractivity contribution in [2.24, 2.45) is 0 Å². The summed E-state index contributed by atoms with van der Waals surface area (Å²) in [5, 5.41) is 0. The van der Waals surface area contributed by atoms with Crippen molar-refractivity contribution < 1.29 is 9.53 Å². The Balaban J connectivity index is 1.41. The molecule has 1 aromatic heterocycles. The van der Waals surface area contributed by atoms with E-state index in [9.17, 15) is 4.79 Å². The molecule has 4 heterocycles. The summed E-state index contributed by atoms with van der Waals surface area (Å²) in [5.74, 6) is 2.64. The molecule has 1 amide bonds. The number of carbonyl (C=O) groups excluding carboxylic acids is 1. The summed E-state index contributed by atoms with van der Waals surface area (Å²) in [7, 11) is 5.71. The zero-order valence-corrected chi connectivity index (χ0v) is 19.3. The topological polar surface area (TPSA) is 65.0 Å². The van der Waals surface area contributed by atoms with Crippen LogP contribution in [0.2, 0.25) is 0 Å². The highest BCUT2D eigenvalue weighted by atomic mass is 16.5. The number of carbonyl (C=O) groups is 1. The molecule has 2 aromatic rings. The van der Waals surface area contributed by atoms with Crippen LogP contribution in [0.1, 0.15) is 30.7 Å². The zero-order chi connectivity index (χ0) is 22.2. The Morgan fingerprint density at radius 1 is 1.12 bits per heavy atom. The number of benzene rings is 1. The normalized spacial score (nSPS) is 21.4. The van der Waals surface area contributed by atoms with E-state index in [2.05, 4.69) is 44.9 Å². The van der Waals surface area contributed by atoms with E-state index in [4.69, 9.17) is 9.72 Å². The van der Waals surface area contributed by atoms with Gasteiger partial charge in [-0.15, -0.1) is 0 Å². The SMILES string of the molecule is COc1cc(N2CCN(C)CC2)ccc1Cc1ncc2c(n1)N1CCC[C@H]1CC(=O)N2C. The molecule has 1 atom stereocenters. The Kier molecular flexibility index (Phi) is 5.63. The summed E-state index contributed by atoms with van der Waals surface area (Å²) in [6.45, 7) is 5.13. The van der Waals surface area contributed by atoms with Gasteiger partial charge in [0.25, 0.3) is 0 Å². The van der Waals surface area contributed by atoms with E-state index < -0.39 is 0 Å². The molecule has 8 heteroatoms. The first-order valence-electron chi connectivity index (χ1n) is 11.5. The van der Waals surface area contributed by atoms with E-state index in [1.54, 1.807) is 18.2 Å². The van der Waals surface area contributed by atoms with Crippen LogP contribution in [0.3, 0.4) is 0 Å². The minimum Gasteiger partial charge on any atom is -0.496 e. The van der Waals surface area contributed by atoms with Crippen LogP contribution in [0.4, 0.5) is 17.2 Å². The lowest BCUT2D eigenvalue weighted by atomic mass is 10.1. The Morgan fingerprint density at radius 2 is 1.94 bits per heavy atom. The molecule has 0 bridgehead atoms. The van der Waals surface area contributed by atoms with Gasteiger partial charge >= 0.3 is 0 Å². The average molecular weight is 437 g/mol. The minimum atomic E-state index is 0.137. The van der Waals surface area contributed by atoms with Crippen LogP contribution in [0.15, 0.2) is 24.4 Å². The van der Waals surface area contributed by atoms with Crippen molar-refractivity contribution in [3.8, 4) is 5.75 Å². The van der Waals surface area contributed by atoms with Crippen molar-refractivity contribution in [2.75, 3.05) is 68.6 Å². The van der Waals surface area contributed by atoms with E-state index in [1.165, 1.54) is 5.69 Å². The van der Waals surface area contributed by atoms with E-state index in [1.807, 2.05) is 7.05 Å². The standard InChI is InChI=1S/C24H32N6O2/c1-27-9-11-29(12-10-27)18-7-6-17(21(14-18)32-3)13-22-25-16-20-24(26-22)30-8-4-5-19(30)15-23(31)28(20)2/h6-7,14,16,19H,4-5,8-13,15H2,1-3H3/t19-/m0/s1. The highest BCUT2D eigenvalue weighted by molar-refractivity contribution is 5.97. The summed E-state index contributed by atoms with van der Waals surface area (Å²) >= 11 is 0. The number of anilines is 3. The first kappa shape index (κ1) is 21.0. The third kappa shape index (κ3) is 3.88. The van der Waals surface area contributed by atoms with Crippen LogP contribution in [-0.4, -0.2) is 80.7 Å². The zero-order valence-electron chi connectivity index (χ0n) is 19.3. The molecule has 1 aromatic carbocycles. The molecule has 170 valence electrons. The monoisotopic (exact) mass is 436 g/mol. The van der Waals surface area contributed by atoms with Gasteiger partial charge in [0.05, 0.1) is 13.3 Å². The fourth-order valence-electron chi connectivity index (χ4n) is 5.05. The molecule has 2 saturated heterocycles. The third-order valence-electron chi connectivity index (χ3n) is 7.08. The number of fused-ring (bicyclic) bond motifs is 3. The van der Waals surface area contributed by atoms with Gasteiger partial charge in [-0.1, -0.05) is 6.07 Å². The fraction of sp³-hybridized carbons (Fsp3) is 0.542. The lowest BCUT2D eigenvalue weighted by Gasteiger charge is -2.34. The number of hydrogen-bond acceptors (Lipinski definition) is 7. The van der Waals surface area contributed by atoms with Gasteiger partial charge in [0.2, 0.25) is 5.91 Å². The largest absolute Gasteiger partial charge is 0.496 e. The number of methoxy groups -OCH3 is 1. The van der Waals surface area contributed by atoms with Crippen LogP contribution in [0, 0.1) is 0 Å². The first-order chi connectivity index (χ1) is 15.5.